The summed E-state index contributed by atoms with van der Waals surface area (Å²) >= 11 is 0. The van der Waals surface area contributed by atoms with Gasteiger partial charge in [0.15, 0.2) is 0 Å². The zero-order valence-electron chi connectivity index (χ0n) is 11.4. The van der Waals surface area contributed by atoms with Crippen LogP contribution in [0.2, 0.25) is 0 Å². The lowest BCUT2D eigenvalue weighted by atomic mass is 10.0. The van der Waals surface area contributed by atoms with Gasteiger partial charge in [-0.1, -0.05) is 0 Å². The minimum absolute atomic E-state index is 0.0992. The lowest BCUT2D eigenvalue weighted by molar-refractivity contribution is -0.111. The van der Waals surface area contributed by atoms with Gasteiger partial charge in [-0.15, -0.1) is 0 Å². The van der Waals surface area contributed by atoms with Crippen molar-refractivity contribution in [1.82, 2.24) is 4.90 Å². The number of carbonyl (C=O) groups is 1. The molecule has 2 N–H and O–H groups in total. The van der Waals surface area contributed by atoms with E-state index in [-0.39, 0.29) is 17.7 Å². The number of rotatable bonds is 1. The van der Waals surface area contributed by atoms with Crippen LogP contribution in [-0.2, 0) is 9.47 Å². The molecule has 1 saturated heterocycles. The summed E-state index contributed by atoms with van der Waals surface area (Å²) in [5, 5.41) is 0. The standard InChI is InChI=1S/C12H24N2O3/c1-11(2,3)17-10(15)14-8-12(4,5)16-7-9(14)6-13/h9H,6-8,13H2,1-5H3/t9-/m1/s1. The summed E-state index contributed by atoms with van der Waals surface area (Å²) in [6.45, 7) is 10.8. The second kappa shape index (κ2) is 4.82. The molecule has 100 valence electrons. The van der Waals surface area contributed by atoms with Crippen LogP contribution in [0.3, 0.4) is 0 Å². The molecule has 0 aromatic rings. The normalized spacial score (nSPS) is 24.6. The second-order valence-corrected chi connectivity index (χ2v) is 6.07. The van der Waals surface area contributed by atoms with E-state index in [1.165, 1.54) is 0 Å². The van der Waals surface area contributed by atoms with Crippen LogP contribution in [-0.4, -0.2) is 47.9 Å². The van der Waals surface area contributed by atoms with E-state index < -0.39 is 5.60 Å². The first-order valence-electron chi connectivity index (χ1n) is 5.98. The minimum Gasteiger partial charge on any atom is -0.444 e. The molecule has 1 rings (SSSR count). The van der Waals surface area contributed by atoms with Crippen LogP contribution in [0.1, 0.15) is 34.6 Å². The highest BCUT2D eigenvalue weighted by atomic mass is 16.6. The van der Waals surface area contributed by atoms with E-state index >= 15 is 0 Å². The first-order chi connectivity index (χ1) is 7.64. The molecular formula is C12H24N2O3. The number of amides is 1. The quantitative estimate of drug-likeness (QED) is 0.756. The Morgan fingerprint density at radius 1 is 1.53 bits per heavy atom. The fourth-order valence-corrected chi connectivity index (χ4v) is 1.73. The van der Waals surface area contributed by atoms with Crippen LogP contribution in [0.5, 0.6) is 0 Å². The third-order valence-electron chi connectivity index (χ3n) is 2.56. The van der Waals surface area contributed by atoms with E-state index in [4.69, 9.17) is 15.2 Å². The summed E-state index contributed by atoms with van der Waals surface area (Å²) in [6.07, 6.45) is -0.315. The van der Waals surface area contributed by atoms with Crippen molar-refractivity contribution in [1.29, 1.82) is 0 Å². The molecule has 1 amide bonds. The molecule has 1 heterocycles. The maximum Gasteiger partial charge on any atom is 0.410 e. The molecule has 0 unspecified atom stereocenters. The predicted molar refractivity (Wildman–Crippen MR) is 65.8 cm³/mol. The molecule has 5 heteroatoms. The number of ether oxygens (including phenoxy) is 2. The molecule has 17 heavy (non-hydrogen) atoms. The fraction of sp³-hybridized carbons (Fsp3) is 0.917. The molecule has 1 aliphatic rings. The van der Waals surface area contributed by atoms with Gasteiger partial charge in [0, 0.05) is 6.54 Å². The van der Waals surface area contributed by atoms with Crippen molar-refractivity contribution in [3.63, 3.8) is 0 Å². The monoisotopic (exact) mass is 244 g/mol. The van der Waals surface area contributed by atoms with Gasteiger partial charge >= 0.3 is 6.09 Å². The Hall–Kier alpha value is -0.810. The summed E-state index contributed by atoms with van der Waals surface area (Å²) in [6, 6.07) is -0.0992. The van der Waals surface area contributed by atoms with Gasteiger partial charge in [0.1, 0.15) is 5.60 Å². The van der Waals surface area contributed by atoms with E-state index in [9.17, 15) is 4.79 Å². The number of nitrogens with two attached hydrogens (primary N) is 1. The molecule has 1 aliphatic heterocycles. The van der Waals surface area contributed by atoms with Crippen molar-refractivity contribution in [3.8, 4) is 0 Å². The molecule has 0 spiro atoms. The number of morpholine rings is 1. The summed E-state index contributed by atoms with van der Waals surface area (Å²) in [7, 11) is 0. The Kier molecular flexibility index (Phi) is 4.04. The molecule has 1 atom stereocenters. The van der Waals surface area contributed by atoms with Gasteiger partial charge in [-0.25, -0.2) is 4.79 Å². The number of nitrogens with zero attached hydrogens (tertiary/aromatic N) is 1. The van der Waals surface area contributed by atoms with Gasteiger partial charge in [0.2, 0.25) is 0 Å². The first kappa shape index (κ1) is 14.3. The third-order valence-corrected chi connectivity index (χ3v) is 2.56. The van der Waals surface area contributed by atoms with Gasteiger partial charge in [0.25, 0.3) is 0 Å². The summed E-state index contributed by atoms with van der Waals surface area (Å²) in [5.41, 5.74) is 4.82. The molecule has 0 aliphatic carbocycles. The molecule has 1 fully saturated rings. The SMILES string of the molecule is CC(C)(C)OC(=O)N1CC(C)(C)OC[C@H]1CN. The lowest BCUT2D eigenvalue weighted by Gasteiger charge is -2.43. The van der Waals surface area contributed by atoms with E-state index in [0.29, 0.717) is 19.7 Å². The molecule has 0 bridgehead atoms. The molecule has 0 saturated carbocycles. The number of hydrogen-bond donors (Lipinski definition) is 1. The van der Waals surface area contributed by atoms with E-state index in [2.05, 4.69) is 0 Å². The fourth-order valence-electron chi connectivity index (χ4n) is 1.73. The summed E-state index contributed by atoms with van der Waals surface area (Å²) in [4.78, 5) is 13.7. The molecule has 0 radical (unpaired) electrons. The zero-order chi connectivity index (χ0) is 13.3. The summed E-state index contributed by atoms with van der Waals surface area (Å²) < 4.78 is 11.0. The molecule has 5 nitrogen and oxygen atoms in total. The molecule has 0 aromatic heterocycles. The maximum atomic E-state index is 12.1. The maximum absolute atomic E-state index is 12.1. The predicted octanol–water partition coefficient (Wildman–Crippen LogP) is 1.36. The van der Waals surface area contributed by atoms with Crippen LogP contribution in [0.25, 0.3) is 0 Å². The van der Waals surface area contributed by atoms with Gasteiger partial charge in [-0.05, 0) is 34.6 Å². The van der Waals surface area contributed by atoms with Crippen molar-refractivity contribution in [3.05, 3.63) is 0 Å². The summed E-state index contributed by atoms with van der Waals surface area (Å²) in [5.74, 6) is 0. The largest absolute Gasteiger partial charge is 0.444 e. The van der Waals surface area contributed by atoms with Crippen LogP contribution in [0.4, 0.5) is 4.79 Å². The first-order valence-corrected chi connectivity index (χ1v) is 5.98. The Morgan fingerprint density at radius 2 is 2.12 bits per heavy atom. The van der Waals surface area contributed by atoms with Gasteiger partial charge in [-0.2, -0.15) is 0 Å². The highest BCUT2D eigenvalue weighted by molar-refractivity contribution is 5.69. The highest BCUT2D eigenvalue weighted by Crippen LogP contribution is 2.22. The van der Waals surface area contributed by atoms with Crippen molar-refractivity contribution in [2.45, 2.75) is 51.9 Å². The van der Waals surface area contributed by atoms with Crippen LogP contribution < -0.4 is 5.73 Å². The number of carbonyl (C=O) groups excluding carboxylic acids is 1. The smallest absolute Gasteiger partial charge is 0.410 e. The Bertz CT molecular complexity index is 284. The van der Waals surface area contributed by atoms with Crippen LogP contribution in [0.15, 0.2) is 0 Å². The topological polar surface area (TPSA) is 64.8 Å². The second-order valence-electron chi connectivity index (χ2n) is 6.07. The number of hydrogen-bond acceptors (Lipinski definition) is 4. The van der Waals surface area contributed by atoms with E-state index in [1.54, 1.807) is 4.90 Å². The molecule has 0 aromatic carbocycles. The lowest BCUT2D eigenvalue weighted by Crippen LogP contribution is -2.59. The third kappa shape index (κ3) is 4.16. The van der Waals surface area contributed by atoms with Crippen molar-refractivity contribution < 1.29 is 14.3 Å². The zero-order valence-corrected chi connectivity index (χ0v) is 11.4. The Balaban J connectivity index is 2.73. The Labute approximate surface area is 103 Å². The van der Waals surface area contributed by atoms with Crippen molar-refractivity contribution >= 4 is 6.09 Å². The highest BCUT2D eigenvalue weighted by Gasteiger charge is 2.37. The van der Waals surface area contributed by atoms with Gasteiger partial charge < -0.3 is 15.2 Å². The minimum atomic E-state index is -0.487. The van der Waals surface area contributed by atoms with Gasteiger partial charge in [0.05, 0.1) is 24.8 Å². The van der Waals surface area contributed by atoms with Crippen molar-refractivity contribution in [2.24, 2.45) is 5.73 Å². The van der Waals surface area contributed by atoms with E-state index in [1.807, 2.05) is 34.6 Å². The van der Waals surface area contributed by atoms with E-state index in [0.717, 1.165) is 0 Å². The van der Waals surface area contributed by atoms with Crippen LogP contribution >= 0.6 is 0 Å². The Morgan fingerprint density at radius 3 is 2.59 bits per heavy atom. The van der Waals surface area contributed by atoms with Crippen LogP contribution in [0, 0.1) is 0 Å². The average molecular weight is 244 g/mol. The van der Waals surface area contributed by atoms with Gasteiger partial charge in [-0.3, -0.25) is 4.90 Å². The average Bonchev–Trinajstić information content (AvgIpc) is 2.13. The van der Waals surface area contributed by atoms with Crippen molar-refractivity contribution in [2.75, 3.05) is 19.7 Å². The molecular weight excluding hydrogens is 220 g/mol.